The minimum Gasteiger partial charge on any atom is -0.496 e. The number of rotatable bonds is 6. The van der Waals surface area contributed by atoms with Gasteiger partial charge >= 0.3 is 6.18 Å². The lowest BCUT2D eigenvalue weighted by atomic mass is 10.1. The number of hydrogen-bond acceptors (Lipinski definition) is 3. The Morgan fingerprint density at radius 3 is 2.35 bits per heavy atom. The van der Waals surface area contributed by atoms with Crippen LogP contribution in [0.4, 0.5) is 18.9 Å². The number of hydrogen-bond donors (Lipinski definition) is 1. The number of nitrogens with one attached hydrogen (secondary N) is 1. The molecule has 4 nitrogen and oxygen atoms in total. The van der Waals surface area contributed by atoms with E-state index in [2.05, 4.69) is 5.32 Å². The molecule has 0 aliphatic carbocycles. The highest BCUT2D eigenvalue weighted by Gasteiger charge is 2.33. The van der Waals surface area contributed by atoms with E-state index in [1.807, 2.05) is 0 Å². The first-order valence-electron chi connectivity index (χ1n) is 8.91. The molecular formula is C22H16Cl2F3NO3. The van der Waals surface area contributed by atoms with Crippen molar-refractivity contribution in [1.29, 1.82) is 0 Å². The number of benzene rings is 3. The molecule has 3 aromatic rings. The SMILES string of the molecule is COc1ccc(C(=O)Nc2ccc(Cl)c(C(F)(F)F)c2)cc1COc1ccc(Cl)cc1. The Morgan fingerprint density at radius 2 is 1.71 bits per heavy atom. The van der Waals surface area contributed by atoms with Crippen LogP contribution in [0.25, 0.3) is 0 Å². The number of halogens is 5. The van der Waals surface area contributed by atoms with Crippen molar-refractivity contribution >= 4 is 34.8 Å². The van der Waals surface area contributed by atoms with Gasteiger partial charge in [0.2, 0.25) is 0 Å². The van der Waals surface area contributed by atoms with Gasteiger partial charge in [-0.3, -0.25) is 4.79 Å². The van der Waals surface area contributed by atoms with Crippen LogP contribution in [-0.4, -0.2) is 13.0 Å². The molecule has 9 heteroatoms. The first-order valence-corrected chi connectivity index (χ1v) is 9.66. The summed E-state index contributed by atoms with van der Waals surface area (Å²) >= 11 is 11.5. The number of anilines is 1. The summed E-state index contributed by atoms with van der Waals surface area (Å²) in [6, 6.07) is 14.5. The molecule has 0 radical (unpaired) electrons. The van der Waals surface area contributed by atoms with Crippen molar-refractivity contribution in [1.82, 2.24) is 0 Å². The summed E-state index contributed by atoms with van der Waals surface area (Å²) in [4.78, 5) is 12.6. The fourth-order valence-corrected chi connectivity index (χ4v) is 3.10. The van der Waals surface area contributed by atoms with E-state index in [1.165, 1.54) is 19.2 Å². The van der Waals surface area contributed by atoms with Crippen molar-refractivity contribution in [2.75, 3.05) is 12.4 Å². The predicted octanol–water partition coefficient (Wildman–Crippen LogP) is 6.85. The first-order chi connectivity index (χ1) is 14.7. The van der Waals surface area contributed by atoms with Crippen molar-refractivity contribution in [3.05, 3.63) is 87.4 Å². The lowest BCUT2D eigenvalue weighted by Gasteiger charge is -2.14. The molecule has 0 saturated carbocycles. The van der Waals surface area contributed by atoms with Crippen molar-refractivity contribution < 1.29 is 27.4 Å². The van der Waals surface area contributed by atoms with Crippen LogP contribution in [0.3, 0.4) is 0 Å². The molecule has 0 heterocycles. The van der Waals surface area contributed by atoms with Crippen LogP contribution in [0.15, 0.2) is 60.7 Å². The summed E-state index contributed by atoms with van der Waals surface area (Å²) in [6.45, 7) is 0.102. The molecule has 0 fully saturated rings. The monoisotopic (exact) mass is 469 g/mol. The normalized spacial score (nSPS) is 11.2. The van der Waals surface area contributed by atoms with Crippen molar-refractivity contribution in [2.24, 2.45) is 0 Å². The highest BCUT2D eigenvalue weighted by molar-refractivity contribution is 6.31. The molecule has 0 atom stereocenters. The summed E-state index contributed by atoms with van der Waals surface area (Å²) in [6.07, 6.45) is -4.63. The maximum absolute atomic E-state index is 13.0. The third-order valence-electron chi connectivity index (χ3n) is 4.28. The fourth-order valence-electron chi connectivity index (χ4n) is 2.75. The Balaban J connectivity index is 1.78. The van der Waals surface area contributed by atoms with Gasteiger partial charge in [-0.25, -0.2) is 0 Å². The van der Waals surface area contributed by atoms with Gasteiger partial charge in [-0.05, 0) is 60.7 Å². The van der Waals surface area contributed by atoms with Gasteiger partial charge in [-0.15, -0.1) is 0 Å². The number of carbonyl (C=O) groups is 1. The van der Waals surface area contributed by atoms with E-state index in [-0.39, 0.29) is 17.9 Å². The molecule has 31 heavy (non-hydrogen) atoms. The molecule has 162 valence electrons. The molecule has 1 N–H and O–H groups in total. The van der Waals surface area contributed by atoms with Gasteiger partial charge in [0, 0.05) is 21.8 Å². The molecule has 3 rings (SSSR count). The Kier molecular flexibility index (Phi) is 6.97. The van der Waals surface area contributed by atoms with Crippen molar-refractivity contribution in [3.8, 4) is 11.5 Å². The highest BCUT2D eigenvalue weighted by Crippen LogP contribution is 2.36. The number of alkyl halides is 3. The van der Waals surface area contributed by atoms with Gasteiger partial charge in [0.25, 0.3) is 5.91 Å². The molecule has 0 saturated heterocycles. The average molecular weight is 470 g/mol. The van der Waals surface area contributed by atoms with Crippen LogP contribution < -0.4 is 14.8 Å². The second-order valence-electron chi connectivity index (χ2n) is 6.42. The maximum atomic E-state index is 13.0. The number of amides is 1. The van der Waals surface area contributed by atoms with E-state index in [0.29, 0.717) is 22.1 Å². The molecule has 3 aromatic carbocycles. The van der Waals surface area contributed by atoms with Gasteiger partial charge in [0.1, 0.15) is 18.1 Å². The second-order valence-corrected chi connectivity index (χ2v) is 7.26. The Labute approximate surface area is 186 Å². The number of methoxy groups -OCH3 is 1. The third kappa shape index (κ3) is 5.83. The maximum Gasteiger partial charge on any atom is 0.417 e. The van der Waals surface area contributed by atoms with Gasteiger partial charge in [0.05, 0.1) is 17.7 Å². The second kappa shape index (κ2) is 9.49. The zero-order valence-corrected chi connectivity index (χ0v) is 17.6. The van der Waals surface area contributed by atoms with Crippen LogP contribution in [0.1, 0.15) is 21.5 Å². The average Bonchev–Trinajstić information content (AvgIpc) is 2.73. The molecule has 0 aromatic heterocycles. The third-order valence-corrected chi connectivity index (χ3v) is 4.86. The summed E-state index contributed by atoms with van der Waals surface area (Å²) in [5, 5.41) is 2.57. The minimum atomic E-state index is -4.63. The molecule has 1 amide bonds. The van der Waals surface area contributed by atoms with Crippen molar-refractivity contribution in [2.45, 2.75) is 12.8 Å². The molecular weight excluding hydrogens is 454 g/mol. The Morgan fingerprint density at radius 1 is 1.00 bits per heavy atom. The molecule has 0 unspecified atom stereocenters. The van der Waals surface area contributed by atoms with Crippen LogP contribution in [-0.2, 0) is 12.8 Å². The molecule has 0 spiro atoms. The molecule has 0 bridgehead atoms. The van der Waals surface area contributed by atoms with Crippen LogP contribution >= 0.6 is 23.2 Å². The summed E-state index contributed by atoms with van der Waals surface area (Å²) in [5.41, 5.74) is -0.258. The lowest BCUT2D eigenvalue weighted by molar-refractivity contribution is -0.137. The minimum absolute atomic E-state index is 0.0310. The zero-order chi connectivity index (χ0) is 22.6. The van der Waals surface area contributed by atoms with Crippen LogP contribution in [0.5, 0.6) is 11.5 Å². The van der Waals surface area contributed by atoms with E-state index in [0.717, 1.165) is 12.1 Å². The summed E-state index contributed by atoms with van der Waals surface area (Å²) in [7, 11) is 1.48. The fraction of sp³-hybridized carbons (Fsp3) is 0.136. The lowest BCUT2D eigenvalue weighted by Crippen LogP contribution is -2.14. The van der Waals surface area contributed by atoms with Gasteiger partial charge in [0.15, 0.2) is 0 Å². The van der Waals surface area contributed by atoms with Crippen LogP contribution in [0.2, 0.25) is 10.0 Å². The Hall–Kier alpha value is -2.90. The van der Waals surface area contributed by atoms with E-state index in [4.69, 9.17) is 32.7 Å². The van der Waals surface area contributed by atoms with E-state index >= 15 is 0 Å². The topological polar surface area (TPSA) is 47.6 Å². The summed E-state index contributed by atoms with van der Waals surface area (Å²) < 4.78 is 50.1. The standard InChI is InChI=1S/C22H16Cl2F3NO3/c1-30-20-9-2-13(10-14(20)12-31-17-6-3-15(23)4-7-17)21(29)28-16-5-8-19(24)18(11-16)22(25,26)27/h2-11H,12H2,1H3,(H,28,29). The largest absolute Gasteiger partial charge is 0.496 e. The number of ether oxygens (including phenoxy) is 2. The van der Waals surface area contributed by atoms with E-state index in [9.17, 15) is 18.0 Å². The van der Waals surface area contributed by atoms with Crippen LogP contribution in [0, 0.1) is 0 Å². The summed E-state index contributed by atoms with van der Waals surface area (Å²) in [5.74, 6) is 0.476. The zero-order valence-electron chi connectivity index (χ0n) is 16.1. The molecule has 0 aliphatic rings. The number of carbonyl (C=O) groups excluding carboxylic acids is 1. The van der Waals surface area contributed by atoms with Gasteiger partial charge in [-0.1, -0.05) is 23.2 Å². The first kappa shape index (κ1) is 22.8. The molecule has 0 aliphatic heterocycles. The van der Waals surface area contributed by atoms with Crippen molar-refractivity contribution in [3.63, 3.8) is 0 Å². The quantitative estimate of drug-likeness (QED) is 0.429. The smallest absolute Gasteiger partial charge is 0.417 e. The Bertz CT molecular complexity index is 1090. The van der Waals surface area contributed by atoms with Gasteiger partial charge < -0.3 is 14.8 Å². The van der Waals surface area contributed by atoms with E-state index in [1.54, 1.807) is 36.4 Å². The highest BCUT2D eigenvalue weighted by atomic mass is 35.5. The van der Waals surface area contributed by atoms with Gasteiger partial charge in [-0.2, -0.15) is 13.2 Å². The predicted molar refractivity (Wildman–Crippen MR) is 113 cm³/mol. The van der Waals surface area contributed by atoms with E-state index < -0.39 is 22.7 Å².